The normalized spacial score (nSPS) is 20.0. The Morgan fingerprint density at radius 1 is 1.38 bits per heavy atom. The van der Waals surface area contributed by atoms with E-state index in [1.807, 2.05) is 0 Å². The van der Waals surface area contributed by atoms with Gasteiger partial charge in [-0.1, -0.05) is 44.2 Å². The van der Waals surface area contributed by atoms with Gasteiger partial charge in [0.1, 0.15) is 0 Å². The predicted molar refractivity (Wildman–Crippen MR) is 57.7 cm³/mol. The largest absolute Gasteiger partial charge is 0.0808 e. The highest BCUT2D eigenvalue weighted by molar-refractivity contribution is 5.58. The SMILES string of the molecule is CCc1cccc2c1CC(C)C=C2. The average molecular weight is 172 g/mol. The highest BCUT2D eigenvalue weighted by atomic mass is 14.2. The molecule has 0 N–H and O–H groups in total. The highest BCUT2D eigenvalue weighted by Gasteiger charge is 2.11. The lowest BCUT2D eigenvalue weighted by Crippen LogP contribution is -2.06. The first-order valence-electron chi connectivity index (χ1n) is 5.10. The zero-order valence-electron chi connectivity index (χ0n) is 8.38. The highest BCUT2D eigenvalue weighted by Crippen LogP contribution is 2.25. The standard InChI is InChI=1S/C13H16/c1-3-11-5-4-6-12-8-7-10(2)9-13(11)12/h4-8,10H,3,9H2,1-2H3. The van der Waals surface area contributed by atoms with Crippen LogP contribution in [-0.4, -0.2) is 0 Å². The topological polar surface area (TPSA) is 0 Å². The van der Waals surface area contributed by atoms with Gasteiger partial charge in [0.25, 0.3) is 0 Å². The van der Waals surface area contributed by atoms with E-state index in [0.29, 0.717) is 5.92 Å². The molecule has 1 aromatic rings. The van der Waals surface area contributed by atoms with Gasteiger partial charge in [0, 0.05) is 0 Å². The summed E-state index contributed by atoms with van der Waals surface area (Å²) in [6.07, 6.45) is 6.95. The Labute approximate surface area is 80.3 Å². The molecule has 1 atom stereocenters. The van der Waals surface area contributed by atoms with E-state index < -0.39 is 0 Å². The summed E-state index contributed by atoms with van der Waals surface area (Å²) in [6, 6.07) is 6.64. The summed E-state index contributed by atoms with van der Waals surface area (Å²) in [7, 11) is 0. The van der Waals surface area contributed by atoms with Crippen molar-refractivity contribution in [2.45, 2.75) is 26.7 Å². The van der Waals surface area contributed by atoms with Crippen LogP contribution in [0, 0.1) is 5.92 Å². The smallest absolute Gasteiger partial charge is 0.0209 e. The Morgan fingerprint density at radius 3 is 3.00 bits per heavy atom. The van der Waals surface area contributed by atoms with E-state index in [9.17, 15) is 0 Å². The average Bonchev–Trinajstić information content (AvgIpc) is 2.17. The Bertz CT molecular complexity index is 334. The quantitative estimate of drug-likeness (QED) is 0.608. The summed E-state index contributed by atoms with van der Waals surface area (Å²) < 4.78 is 0. The van der Waals surface area contributed by atoms with E-state index in [1.165, 1.54) is 17.5 Å². The van der Waals surface area contributed by atoms with Gasteiger partial charge in [-0.2, -0.15) is 0 Å². The number of fused-ring (bicyclic) bond motifs is 1. The summed E-state index contributed by atoms with van der Waals surface area (Å²) in [5, 5.41) is 0. The summed E-state index contributed by atoms with van der Waals surface area (Å²) in [5.41, 5.74) is 4.52. The molecule has 0 heterocycles. The van der Waals surface area contributed by atoms with Gasteiger partial charge in [-0.15, -0.1) is 0 Å². The minimum Gasteiger partial charge on any atom is -0.0808 e. The van der Waals surface area contributed by atoms with Crippen LogP contribution in [0.3, 0.4) is 0 Å². The van der Waals surface area contributed by atoms with Crippen LogP contribution in [0.15, 0.2) is 24.3 Å². The molecule has 0 saturated heterocycles. The van der Waals surface area contributed by atoms with Crippen molar-refractivity contribution in [1.82, 2.24) is 0 Å². The van der Waals surface area contributed by atoms with E-state index in [-0.39, 0.29) is 0 Å². The van der Waals surface area contributed by atoms with Gasteiger partial charge in [0.15, 0.2) is 0 Å². The van der Waals surface area contributed by atoms with E-state index in [1.54, 1.807) is 5.56 Å². The molecule has 1 aromatic carbocycles. The fraction of sp³-hybridized carbons (Fsp3) is 0.385. The lowest BCUT2D eigenvalue weighted by molar-refractivity contribution is 0.710. The van der Waals surface area contributed by atoms with Crippen LogP contribution in [-0.2, 0) is 12.8 Å². The molecule has 0 saturated carbocycles. The van der Waals surface area contributed by atoms with E-state index in [2.05, 4.69) is 44.2 Å². The molecule has 0 heteroatoms. The molecular weight excluding hydrogens is 156 g/mol. The zero-order chi connectivity index (χ0) is 9.26. The molecule has 0 aromatic heterocycles. The molecule has 2 rings (SSSR count). The number of allylic oxidation sites excluding steroid dienone is 1. The van der Waals surface area contributed by atoms with Crippen LogP contribution in [0.25, 0.3) is 6.08 Å². The van der Waals surface area contributed by atoms with E-state index in [0.717, 1.165) is 6.42 Å². The van der Waals surface area contributed by atoms with Crippen LogP contribution in [0.5, 0.6) is 0 Å². The van der Waals surface area contributed by atoms with Gasteiger partial charge in [-0.3, -0.25) is 0 Å². The molecule has 1 unspecified atom stereocenters. The van der Waals surface area contributed by atoms with Crippen molar-refractivity contribution < 1.29 is 0 Å². The van der Waals surface area contributed by atoms with Crippen LogP contribution in [0.1, 0.15) is 30.5 Å². The number of hydrogen-bond acceptors (Lipinski definition) is 0. The fourth-order valence-corrected chi connectivity index (χ4v) is 2.05. The molecule has 0 fully saturated rings. The molecule has 1 aliphatic carbocycles. The summed E-state index contributed by atoms with van der Waals surface area (Å²) in [6.45, 7) is 4.52. The Balaban J connectivity index is 2.49. The zero-order valence-corrected chi connectivity index (χ0v) is 8.38. The molecule has 68 valence electrons. The van der Waals surface area contributed by atoms with E-state index >= 15 is 0 Å². The van der Waals surface area contributed by atoms with Crippen LogP contribution in [0.2, 0.25) is 0 Å². The van der Waals surface area contributed by atoms with Gasteiger partial charge in [-0.05, 0) is 35.4 Å². The van der Waals surface area contributed by atoms with Crippen LogP contribution in [0.4, 0.5) is 0 Å². The van der Waals surface area contributed by atoms with Crippen molar-refractivity contribution in [1.29, 1.82) is 0 Å². The molecule has 0 nitrogen and oxygen atoms in total. The van der Waals surface area contributed by atoms with Crippen LogP contribution >= 0.6 is 0 Å². The van der Waals surface area contributed by atoms with Crippen molar-refractivity contribution in [2.24, 2.45) is 5.92 Å². The van der Waals surface area contributed by atoms with Gasteiger partial charge in [0.05, 0.1) is 0 Å². The van der Waals surface area contributed by atoms with Crippen molar-refractivity contribution in [3.63, 3.8) is 0 Å². The molecule has 0 radical (unpaired) electrons. The van der Waals surface area contributed by atoms with Gasteiger partial charge in [0.2, 0.25) is 0 Å². The maximum Gasteiger partial charge on any atom is -0.0209 e. The van der Waals surface area contributed by atoms with Crippen molar-refractivity contribution >= 4 is 6.08 Å². The molecule has 0 aliphatic heterocycles. The number of benzene rings is 1. The Kier molecular flexibility index (Phi) is 2.22. The molecule has 1 aliphatic rings. The third kappa shape index (κ3) is 1.53. The third-order valence-corrected chi connectivity index (χ3v) is 2.82. The Hall–Kier alpha value is -1.04. The first kappa shape index (κ1) is 8.55. The van der Waals surface area contributed by atoms with E-state index in [4.69, 9.17) is 0 Å². The second-order valence-electron chi connectivity index (χ2n) is 3.88. The summed E-state index contributed by atoms with van der Waals surface area (Å²) >= 11 is 0. The van der Waals surface area contributed by atoms with Crippen molar-refractivity contribution in [3.8, 4) is 0 Å². The summed E-state index contributed by atoms with van der Waals surface area (Å²) in [4.78, 5) is 0. The van der Waals surface area contributed by atoms with Crippen LogP contribution < -0.4 is 0 Å². The second-order valence-corrected chi connectivity index (χ2v) is 3.88. The monoisotopic (exact) mass is 172 g/mol. The van der Waals surface area contributed by atoms with Crippen molar-refractivity contribution in [3.05, 3.63) is 41.0 Å². The molecule has 0 amide bonds. The van der Waals surface area contributed by atoms with Crippen molar-refractivity contribution in [2.75, 3.05) is 0 Å². The lowest BCUT2D eigenvalue weighted by atomic mass is 9.87. The molecule has 13 heavy (non-hydrogen) atoms. The summed E-state index contributed by atoms with van der Waals surface area (Å²) in [5.74, 6) is 0.709. The molecular formula is C13H16. The van der Waals surface area contributed by atoms with Gasteiger partial charge < -0.3 is 0 Å². The van der Waals surface area contributed by atoms with Gasteiger partial charge >= 0.3 is 0 Å². The maximum atomic E-state index is 2.31. The van der Waals surface area contributed by atoms with Gasteiger partial charge in [-0.25, -0.2) is 0 Å². The lowest BCUT2D eigenvalue weighted by Gasteiger charge is -2.18. The fourth-order valence-electron chi connectivity index (χ4n) is 2.05. The first-order valence-corrected chi connectivity index (χ1v) is 5.10. The maximum absolute atomic E-state index is 2.31. The predicted octanol–water partition coefficient (Wildman–Crippen LogP) is 3.45. The number of aryl methyl sites for hydroxylation is 1. The molecule has 0 bridgehead atoms. The molecule has 0 spiro atoms. The minimum atomic E-state index is 0.709. The Morgan fingerprint density at radius 2 is 2.23 bits per heavy atom. The second kappa shape index (κ2) is 3.37. The number of rotatable bonds is 1. The third-order valence-electron chi connectivity index (χ3n) is 2.82. The minimum absolute atomic E-state index is 0.709. The number of hydrogen-bond donors (Lipinski definition) is 0. The first-order chi connectivity index (χ1) is 6.31.